The molecule has 1 N–H and O–H groups in total. The van der Waals surface area contributed by atoms with Crippen molar-refractivity contribution in [3.05, 3.63) is 53.3 Å². The van der Waals surface area contributed by atoms with Gasteiger partial charge in [0.1, 0.15) is 0 Å². The third-order valence-corrected chi connectivity index (χ3v) is 4.18. The first-order valence-corrected chi connectivity index (χ1v) is 7.10. The van der Waals surface area contributed by atoms with Crippen molar-refractivity contribution in [3.63, 3.8) is 0 Å². The number of likely N-dealkylation sites (tertiary alicyclic amines) is 1. The molecule has 4 nitrogen and oxygen atoms in total. The summed E-state index contributed by atoms with van der Waals surface area (Å²) in [6.07, 6.45) is 3.40. The minimum absolute atomic E-state index is 0.409. The van der Waals surface area contributed by atoms with Crippen molar-refractivity contribution in [2.45, 2.75) is 26.0 Å². The lowest BCUT2D eigenvalue weighted by atomic mass is 10.0. The van der Waals surface area contributed by atoms with Gasteiger partial charge in [0.2, 0.25) is 0 Å². The van der Waals surface area contributed by atoms with Gasteiger partial charge in [-0.15, -0.1) is 0 Å². The van der Waals surface area contributed by atoms with E-state index in [0.717, 1.165) is 18.7 Å². The molecule has 1 atom stereocenters. The van der Waals surface area contributed by atoms with Gasteiger partial charge in [0.25, 0.3) is 0 Å². The molecule has 0 aliphatic carbocycles. The Kier molecular flexibility index (Phi) is 3.59. The quantitative estimate of drug-likeness (QED) is 0.926. The van der Waals surface area contributed by atoms with Crippen LogP contribution in [0.3, 0.4) is 0 Å². The summed E-state index contributed by atoms with van der Waals surface area (Å²) in [5.41, 5.74) is 3.51. The van der Waals surface area contributed by atoms with E-state index in [1.54, 1.807) is 0 Å². The summed E-state index contributed by atoms with van der Waals surface area (Å²) in [4.78, 5) is 2.27. The van der Waals surface area contributed by atoms with Crippen LogP contribution in [0.4, 0.5) is 0 Å². The van der Waals surface area contributed by atoms with E-state index in [1.807, 2.05) is 29.2 Å². The molecule has 2 aromatic rings. The Balaban J connectivity index is 1.55. The lowest BCUT2D eigenvalue weighted by Gasteiger charge is -2.40. The van der Waals surface area contributed by atoms with E-state index in [1.165, 1.54) is 11.1 Å². The van der Waals surface area contributed by atoms with Gasteiger partial charge in [-0.25, -0.2) is 0 Å². The molecular formula is C16H21N3O. The van der Waals surface area contributed by atoms with Crippen LogP contribution in [0.15, 0.2) is 36.7 Å². The Hall–Kier alpha value is -1.65. The van der Waals surface area contributed by atoms with Crippen molar-refractivity contribution >= 4 is 0 Å². The number of aliphatic hydroxyl groups excluding tert-OH is 1. The third-order valence-electron chi connectivity index (χ3n) is 4.18. The number of hydrogen-bond donors (Lipinski definition) is 1. The second-order valence-corrected chi connectivity index (χ2v) is 5.72. The van der Waals surface area contributed by atoms with Crippen molar-refractivity contribution in [1.82, 2.24) is 14.7 Å². The van der Waals surface area contributed by atoms with Crippen LogP contribution >= 0.6 is 0 Å². The van der Waals surface area contributed by atoms with Gasteiger partial charge in [-0.05, 0) is 36.6 Å². The van der Waals surface area contributed by atoms with Crippen LogP contribution in [0.5, 0.6) is 0 Å². The first-order chi connectivity index (χ1) is 9.63. The molecule has 1 unspecified atom stereocenters. The van der Waals surface area contributed by atoms with Crippen molar-refractivity contribution in [2.24, 2.45) is 0 Å². The molecule has 3 rings (SSSR count). The Morgan fingerprint density at radius 1 is 1.30 bits per heavy atom. The maximum Gasteiger partial charge on any atom is 0.0917 e. The van der Waals surface area contributed by atoms with Crippen molar-refractivity contribution in [2.75, 3.05) is 19.6 Å². The van der Waals surface area contributed by atoms with E-state index in [0.29, 0.717) is 12.6 Å². The number of hydrogen-bond acceptors (Lipinski definition) is 3. The van der Waals surface area contributed by atoms with E-state index in [4.69, 9.17) is 0 Å². The highest BCUT2D eigenvalue weighted by molar-refractivity contribution is 5.31. The molecule has 1 aliphatic heterocycles. The molecule has 1 aliphatic rings. The number of benzene rings is 1. The van der Waals surface area contributed by atoms with Crippen molar-refractivity contribution < 1.29 is 5.11 Å². The van der Waals surface area contributed by atoms with Crippen LogP contribution in [0.2, 0.25) is 0 Å². The number of nitrogens with zero attached hydrogens (tertiary/aromatic N) is 3. The molecule has 1 aromatic heterocycles. The van der Waals surface area contributed by atoms with E-state index < -0.39 is 6.10 Å². The minimum atomic E-state index is -0.409. The number of rotatable bonds is 4. The summed E-state index contributed by atoms with van der Waals surface area (Å²) in [6, 6.07) is 8.60. The Morgan fingerprint density at radius 2 is 2.10 bits per heavy atom. The molecule has 106 valence electrons. The van der Waals surface area contributed by atoms with Gasteiger partial charge in [0.15, 0.2) is 0 Å². The van der Waals surface area contributed by atoms with E-state index in [2.05, 4.69) is 36.0 Å². The zero-order valence-corrected chi connectivity index (χ0v) is 12.0. The second-order valence-electron chi connectivity index (χ2n) is 5.72. The van der Waals surface area contributed by atoms with Crippen LogP contribution in [0.1, 0.15) is 28.8 Å². The standard InChI is InChI=1S/C16H21N3O/c1-12-4-5-14(8-13(12)2)16(20)11-18-9-15(10-18)19-7-3-6-17-19/h3-8,15-16,20H,9-11H2,1-2H3. The molecule has 4 heteroatoms. The van der Waals surface area contributed by atoms with Crippen LogP contribution in [-0.2, 0) is 0 Å². The number of aryl methyl sites for hydroxylation is 2. The fourth-order valence-corrected chi connectivity index (χ4v) is 2.68. The first kappa shape index (κ1) is 13.3. The molecule has 0 saturated carbocycles. The molecule has 0 amide bonds. The molecule has 1 aromatic carbocycles. The highest BCUT2D eigenvalue weighted by Gasteiger charge is 2.29. The summed E-state index contributed by atoms with van der Waals surface area (Å²) >= 11 is 0. The average molecular weight is 271 g/mol. The summed E-state index contributed by atoms with van der Waals surface area (Å²) < 4.78 is 2.00. The Labute approximate surface area is 119 Å². The van der Waals surface area contributed by atoms with Gasteiger partial charge in [-0.2, -0.15) is 5.10 Å². The van der Waals surface area contributed by atoms with Crippen molar-refractivity contribution in [3.8, 4) is 0 Å². The number of β-amino-alcohol motifs (C(OH)–C–C–N with tert-alkyl or cyclic N) is 1. The molecule has 20 heavy (non-hydrogen) atoms. The largest absolute Gasteiger partial charge is 0.387 e. The molecular weight excluding hydrogens is 250 g/mol. The molecule has 1 fully saturated rings. The lowest BCUT2D eigenvalue weighted by Crippen LogP contribution is -2.49. The Morgan fingerprint density at radius 3 is 2.75 bits per heavy atom. The summed E-state index contributed by atoms with van der Waals surface area (Å²) in [5.74, 6) is 0. The highest BCUT2D eigenvalue weighted by Crippen LogP contribution is 2.24. The van der Waals surface area contributed by atoms with Crippen LogP contribution < -0.4 is 0 Å². The summed E-state index contributed by atoms with van der Waals surface area (Å²) in [7, 11) is 0. The zero-order valence-electron chi connectivity index (χ0n) is 12.0. The molecule has 0 radical (unpaired) electrons. The highest BCUT2D eigenvalue weighted by atomic mass is 16.3. The minimum Gasteiger partial charge on any atom is -0.387 e. The molecule has 2 heterocycles. The maximum absolute atomic E-state index is 10.3. The van der Waals surface area contributed by atoms with Crippen LogP contribution in [0.25, 0.3) is 0 Å². The normalized spacial score (nSPS) is 17.9. The van der Waals surface area contributed by atoms with Gasteiger partial charge >= 0.3 is 0 Å². The van der Waals surface area contributed by atoms with Gasteiger partial charge < -0.3 is 5.11 Å². The van der Waals surface area contributed by atoms with Crippen LogP contribution in [0, 0.1) is 13.8 Å². The predicted molar refractivity (Wildman–Crippen MR) is 78.6 cm³/mol. The average Bonchev–Trinajstić information content (AvgIpc) is 2.89. The smallest absolute Gasteiger partial charge is 0.0917 e. The number of aromatic nitrogens is 2. The van der Waals surface area contributed by atoms with E-state index in [9.17, 15) is 5.11 Å². The van der Waals surface area contributed by atoms with E-state index in [-0.39, 0.29) is 0 Å². The topological polar surface area (TPSA) is 41.3 Å². The van der Waals surface area contributed by atoms with Gasteiger partial charge in [-0.1, -0.05) is 18.2 Å². The van der Waals surface area contributed by atoms with Crippen LogP contribution in [-0.4, -0.2) is 39.4 Å². The lowest BCUT2D eigenvalue weighted by molar-refractivity contribution is 0.0401. The monoisotopic (exact) mass is 271 g/mol. The third kappa shape index (κ3) is 2.62. The second kappa shape index (κ2) is 5.38. The number of aliphatic hydroxyl groups is 1. The molecule has 0 spiro atoms. The molecule has 1 saturated heterocycles. The fourth-order valence-electron chi connectivity index (χ4n) is 2.68. The SMILES string of the molecule is Cc1ccc(C(O)CN2CC(n3cccn3)C2)cc1C. The zero-order chi connectivity index (χ0) is 14.1. The van der Waals surface area contributed by atoms with Gasteiger partial charge in [0.05, 0.1) is 12.1 Å². The summed E-state index contributed by atoms with van der Waals surface area (Å²) in [5, 5.41) is 14.6. The summed E-state index contributed by atoms with van der Waals surface area (Å²) in [6.45, 7) is 6.80. The predicted octanol–water partition coefficient (Wildman–Crippen LogP) is 2.09. The fraction of sp³-hybridized carbons (Fsp3) is 0.438. The van der Waals surface area contributed by atoms with Crippen molar-refractivity contribution in [1.29, 1.82) is 0 Å². The first-order valence-electron chi connectivity index (χ1n) is 7.10. The molecule has 0 bridgehead atoms. The Bertz CT molecular complexity index is 573. The maximum atomic E-state index is 10.3. The van der Waals surface area contributed by atoms with E-state index >= 15 is 0 Å². The van der Waals surface area contributed by atoms with Gasteiger partial charge in [-0.3, -0.25) is 9.58 Å². The van der Waals surface area contributed by atoms with Gasteiger partial charge in [0, 0.05) is 32.0 Å².